The maximum absolute atomic E-state index is 6.07. The summed E-state index contributed by atoms with van der Waals surface area (Å²) < 4.78 is 2.09. The molecule has 5 nitrogen and oxygen atoms in total. The summed E-state index contributed by atoms with van der Waals surface area (Å²) in [5.74, 6) is 1.48. The van der Waals surface area contributed by atoms with E-state index in [0.717, 1.165) is 16.9 Å². The van der Waals surface area contributed by atoms with Crippen molar-refractivity contribution < 1.29 is 0 Å². The fourth-order valence-corrected chi connectivity index (χ4v) is 3.34. The maximum atomic E-state index is 6.07. The van der Waals surface area contributed by atoms with Crippen LogP contribution in [-0.4, -0.2) is 21.6 Å². The number of guanidine groups is 1. The van der Waals surface area contributed by atoms with Gasteiger partial charge in [0.2, 0.25) is 0 Å². The van der Waals surface area contributed by atoms with E-state index in [1.165, 1.54) is 44.1 Å². The number of fused-ring (bicyclic) bond motifs is 1. The second kappa shape index (κ2) is 7.02. The highest BCUT2D eigenvalue weighted by Gasteiger charge is 2.12. The first-order chi connectivity index (χ1) is 11.1. The average Bonchev–Trinajstić information content (AvgIpc) is 2.69. The summed E-state index contributed by atoms with van der Waals surface area (Å²) in [4.78, 5) is 9.18. The second-order valence-corrected chi connectivity index (χ2v) is 6.61. The lowest BCUT2D eigenvalue weighted by molar-refractivity contribution is 0.530. The van der Waals surface area contributed by atoms with Crippen molar-refractivity contribution >= 4 is 17.0 Å². The minimum atomic E-state index is 0.476. The topological polar surface area (TPSA) is 68.2 Å². The van der Waals surface area contributed by atoms with Crippen LogP contribution in [-0.2, 0) is 13.6 Å². The SMILES string of the molecule is Cc1ccc2c(c1)nc(CN=C(N)NC1CCCCCC1)n2C. The van der Waals surface area contributed by atoms with E-state index in [-0.39, 0.29) is 0 Å². The van der Waals surface area contributed by atoms with Crippen molar-refractivity contribution in [3.63, 3.8) is 0 Å². The van der Waals surface area contributed by atoms with Gasteiger partial charge in [-0.05, 0) is 37.5 Å². The Morgan fingerprint density at radius 2 is 2.04 bits per heavy atom. The molecule has 0 amide bonds. The third kappa shape index (κ3) is 3.84. The lowest BCUT2D eigenvalue weighted by Gasteiger charge is -2.16. The molecule has 3 N–H and O–H groups in total. The van der Waals surface area contributed by atoms with E-state index in [1.807, 2.05) is 7.05 Å². The van der Waals surface area contributed by atoms with Gasteiger partial charge in [0.1, 0.15) is 12.4 Å². The molecule has 0 atom stereocenters. The van der Waals surface area contributed by atoms with Gasteiger partial charge in [-0.2, -0.15) is 0 Å². The normalized spacial score (nSPS) is 17.4. The van der Waals surface area contributed by atoms with Crippen molar-refractivity contribution in [1.82, 2.24) is 14.9 Å². The predicted molar refractivity (Wildman–Crippen MR) is 95.4 cm³/mol. The number of hydrogen-bond acceptors (Lipinski definition) is 2. The van der Waals surface area contributed by atoms with Crippen molar-refractivity contribution in [1.29, 1.82) is 0 Å². The molecule has 5 heteroatoms. The Morgan fingerprint density at radius 3 is 2.78 bits per heavy atom. The van der Waals surface area contributed by atoms with Crippen molar-refractivity contribution in [2.24, 2.45) is 17.8 Å². The van der Waals surface area contributed by atoms with Crippen molar-refractivity contribution in [2.75, 3.05) is 0 Å². The van der Waals surface area contributed by atoms with Crippen LogP contribution in [0.15, 0.2) is 23.2 Å². The summed E-state index contributed by atoms with van der Waals surface area (Å²) in [7, 11) is 2.03. The number of nitrogens with two attached hydrogens (primary N) is 1. The van der Waals surface area contributed by atoms with Gasteiger partial charge >= 0.3 is 0 Å². The van der Waals surface area contributed by atoms with Gasteiger partial charge in [0.15, 0.2) is 5.96 Å². The Labute approximate surface area is 138 Å². The predicted octanol–water partition coefficient (Wildman–Crippen LogP) is 3.01. The zero-order valence-corrected chi connectivity index (χ0v) is 14.2. The van der Waals surface area contributed by atoms with Crippen LogP contribution in [0.1, 0.15) is 49.9 Å². The lowest BCUT2D eigenvalue weighted by Crippen LogP contribution is -2.39. The number of aromatic nitrogens is 2. The number of aliphatic imine (C=N–C) groups is 1. The van der Waals surface area contributed by atoms with E-state index in [4.69, 9.17) is 5.73 Å². The van der Waals surface area contributed by atoms with Gasteiger partial charge in [-0.15, -0.1) is 0 Å². The zero-order valence-electron chi connectivity index (χ0n) is 14.2. The second-order valence-electron chi connectivity index (χ2n) is 6.61. The Balaban J connectivity index is 1.67. The first-order valence-corrected chi connectivity index (χ1v) is 8.62. The Bertz CT molecular complexity index is 693. The van der Waals surface area contributed by atoms with E-state index in [2.05, 4.69) is 45.0 Å². The van der Waals surface area contributed by atoms with Crippen LogP contribution in [0.2, 0.25) is 0 Å². The highest BCUT2D eigenvalue weighted by Crippen LogP contribution is 2.18. The van der Waals surface area contributed by atoms with Crippen LogP contribution >= 0.6 is 0 Å². The number of hydrogen-bond donors (Lipinski definition) is 2. The molecule has 124 valence electrons. The minimum Gasteiger partial charge on any atom is -0.370 e. The van der Waals surface area contributed by atoms with Gasteiger partial charge in [-0.3, -0.25) is 0 Å². The summed E-state index contributed by atoms with van der Waals surface area (Å²) in [6, 6.07) is 6.80. The van der Waals surface area contributed by atoms with Crippen LogP contribution in [0.3, 0.4) is 0 Å². The van der Waals surface area contributed by atoms with Gasteiger partial charge in [0.25, 0.3) is 0 Å². The molecule has 0 bridgehead atoms. The summed E-state index contributed by atoms with van der Waals surface area (Å²) in [6.45, 7) is 2.59. The molecule has 1 fully saturated rings. The Morgan fingerprint density at radius 1 is 1.30 bits per heavy atom. The molecule has 0 saturated heterocycles. The molecule has 23 heavy (non-hydrogen) atoms. The molecule has 1 aromatic carbocycles. The zero-order chi connectivity index (χ0) is 16.2. The lowest BCUT2D eigenvalue weighted by atomic mass is 10.1. The summed E-state index contributed by atoms with van der Waals surface area (Å²) in [5, 5.41) is 3.38. The summed E-state index contributed by atoms with van der Waals surface area (Å²) >= 11 is 0. The molecule has 1 heterocycles. The molecule has 0 radical (unpaired) electrons. The molecular weight excluding hydrogens is 286 g/mol. The van der Waals surface area contributed by atoms with Crippen molar-refractivity contribution in [2.45, 2.75) is 58.0 Å². The van der Waals surface area contributed by atoms with E-state index in [0.29, 0.717) is 18.5 Å². The molecule has 0 unspecified atom stereocenters. The van der Waals surface area contributed by atoms with Crippen LogP contribution in [0.4, 0.5) is 0 Å². The van der Waals surface area contributed by atoms with Crippen LogP contribution in [0, 0.1) is 6.92 Å². The van der Waals surface area contributed by atoms with Gasteiger partial charge < -0.3 is 15.6 Å². The molecule has 3 rings (SSSR count). The molecule has 1 aliphatic carbocycles. The number of nitrogens with one attached hydrogen (secondary N) is 1. The smallest absolute Gasteiger partial charge is 0.189 e. The molecule has 1 aliphatic rings. The van der Waals surface area contributed by atoms with E-state index in [1.54, 1.807) is 0 Å². The van der Waals surface area contributed by atoms with Gasteiger partial charge in [-0.1, -0.05) is 31.7 Å². The van der Waals surface area contributed by atoms with Gasteiger partial charge in [0, 0.05) is 13.1 Å². The third-order valence-electron chi connectivity index (χ3n) is 4.73. The number of aryl methyl sites for hydroxylation is 2. The molecule has 1 saturated carbocycles. The number of nitrogens with zero attached hydrogens (tertiary/aromatic N) is 3. The fourth-order valence-electron chi connectivity index (χ4n) is 3.34. The third-order valence-corrected chi connectivity index (χ3v) is 4.73. The van der Waals surface area contributed by atoms with Crippen LogP contribution in [0.5, 0.6) is 0 Å². The average molecular weight is 313 g/mol. The molecular formula is C18H27N5. The van der Waals surface area contributed by atoms with E-state index in [9.17, 15) is 0 Å². The Kier molecular flexibility index (Phi) is 4.84. The van der Waals surface area contributed by atoms with Crippen molar-refractivity contribution in [3.8, 4) is 0 Å². The van der Waals surface area contributed by atoms with E-state index < -0.39 is 0 Å². The molecule has 1 aromatic heterocycles. The first kappa shape index (κ1) is 15.8. The Hall–Kier alpha value is -2.04. The fraction of sp³-hybridized carbons (Fsp3) is 0.556. The van der Waals surface area contributed by atoms with Crippen LogP contribution < -0.4 is 11.1 Å². The van der Waals surface area contributed by atoms with Gasteiger partial charge in [-0.25, -0.2) is 9.98 Å². The first-order valence-electron chi connectivity index (χ1n) is 8.62. The number of benzene rings is 1. The number of rotatable bonds is 3. The maximum Gasteiger partial charge on any atom is 0.189 e. The quantitative estimate of drug-likeness (QED) is 0.520. The summed E-state index contributed by atoms with van der Waals surface area (Å²) in [5.41, 5.74) is 9.45. The minimum absolute atomic E-state index is 0.476. The van der Waals surface area contributed by atoms with Crippen molar-refractivity contribution in [3.05, 3.63) is 29.6 Å². The monoisotopic (exact) mass is 313 g/mol. The summed E-state index contributed by atoms with van der Waals surface area (Å²) in [6.07, 6.45) is 7.65. The van der Waals surface area contributed by atoms with E-state index >= 15 is 0 Å². The molecule has 2 aromatic rings. The van der Waals surface area contributed by atoms with Gasteiger partial charge in [0.05, 0.1) is 11.0 Å². The standard InChI is InChI=1S/C18H27N5/c1-13-9-10-16-15(11-13)22-17(23(16)2)12-20-18(19)21-14-7-5-3-4-6-8-14/h9-11,14H,3-8,12H2,1-2H3,(H3,19,20,21). The number of imidazole rings is 1. The molecule has 0 spiro atoms. The highest BCUT2D eigenvalue weighted by molar-refractivity contribution is 5.79. The van der Waals surface area contributed by atoms with Crippen LogP contribution in [0.25, 0.3) is 11.0 Å². The largest absolute Gasteiger partial charge is 0.370 e. The molecule has 0 aliphatic heterocycles. The highest BCUT2D eigenvalue weighted by atomic mass is 15.1.